The first-order chi connectivity index (χ1) is 34.6. The molecule has 0 spiro atoms. The van der Waals surface area contributed by atoms with E-state index in [1.165, 1.54) is 21.5 Å². The number of hydrogen-bond acceptors (Lipinski definition) is 3. The Balaban J connectivity index is 0.00000611. The van der Waals surface area contributed by atoms with Gasteiger partial charge in [0, 0.05) is 37.9 Å². The summed E-state index contributed by atoms with van der Waals surface area (Å²) in [5.41, 5.74) is 15.9. The molecule has 0 saturated carbocycles. The number of aromatic nitrogens is 4. The van der Waals surface area contributed by atoms with Gasteiger partial charge in [-0.1, -0.05) is 210 Å². The first-order valence-electron chi connectivity index (χ1n) is 25.0. The third kappa shape index (κ3) is 9.13. The number of benzene rings is 9. The van der Waals surface area contributed by atoms with Gasteiger partial charge in [-0.15, -0.1) is 28.9 Å². The number of rotatable bonds is 9. The van der Waals surface area contributed by atoms with Gasteiger partial charge in [-0.3, -0.25) is 9.55 Å². The molecule has 0 atom stereocenters. The van der Waals surface area contributed by atoms with Crippen LogP contribution < -0.4 is 10.4 Å². The van der Waals surface area contributed by atoms with E-state index in [0.29, 0.717) is 11.4 Å². The van der Waals surface area contributed by atoms with Crippen molar-refractivity contribution in [2.75, 3.05) is 0 Å². The number of phenolic OH excluding ortho intramolecular Hbond substituents is 1. The van der Waals surface area contributed by atoms with Crippen molar-refractivity contribution in [3.63, 3.8) is 0 Å². The summed E-state index contributed by atoms with van der Waals surface area (Å²) < 4.78 is 4.58. The molecule has 5 nitrogen and oxygen atoms in total. The van der Waals surface area contributed by atoms with E-state index in [0.717, 1.165) is 78.2 Å². The van der Waals surface area contributed by atoms with Crippen LogP contribution in [0.25, 0.3) is 89.6 Å². The van der Waals surface area contributed by atoms with Crippen molar-refractivity contribution >= 4 is 40.5 Å². The Bertz CT molecular complexity index is 3810. The summed E-state index contributed by atoms with van der Waals surface area (Å²) in [6.45, 7) is 18.5. The molecule has 0 aliphatic carbocycles. The second-order valence-corrected chi connectivity index (χ2v) is 26.0. The summed E-state index contributed by atoms with van der Waals surface area (Å²) in [6.07, 6.45) is 0. The van der Waals surface area contributed by atoms with Crippen molar-refractivity contribution < 1.29 is 26.2 Å². The van der Waals surface area contributed by atoms with Crippen LogP contribution in [0.5, 0.6) is 5.75 Å². The summed E-state index contributed by atoms with van der Waals surface area (Å²) in [7, 11) is -2.38. The van der Waals surface area contributed by atoms with Crippen LogP contribution in [0.2, 0.25) is 13.1 Å². The largest absolute Gasteiger partial charge is 0.507 e. The summed E-state index contributed by atoms with van der Waals surface area (Å²) >= 11 is 0. The predicted octanol–water partition coefficient (Wildman–Crippen LogP) is 15.6. The quantitative estimate of drug-likeness (QED) is 0.116. The molecule has 0 aliphatic rings. The van der Waals surface area contributed by atoms with Crippen molar-refractivity contribution in [3.05, 3.63) is 223 Å². The van der Waals surface area contributed by atoms with Crippen molar-refractivity contribution in [3.8, 4) is 73.3 Å². The van der Waals surface area contributed by atoms with E-state index in [9.17, 15) is 5.11 Å². The van der Waals surface area contributed by atoms with Crippen LogP contribution in [0.3, 0.4) is 0 Å². The Hall–Kier alpha value is -7.37. The molecule has 0 amide bonds. The minimum atomic E-state index is -2.38. The van der Waals surface area contributed by atoms with Crippen molar-refractivity contribution in [1.82, 2.24) is 19.1 Å². The molecule has 2 aromatic heterocycles. The molecule has 11 rings (SSSR count). The molecule has 2 heterocycles. The van der Waals surface area contributed by atoms with Gasteiger partial charge in [0.15, 0.2) is 0 Å². The van der Waals surface area contributed by atoms with E-state index in [1.54, 1.807) is 6.07 Å². The van der Waals surface area contributed by atoms with Gasteiger partial charge in [0.2, 0.25) is 0 Å². The van der Waals surface area contributed by atoms with E-state index in [4.69, 9.17) is 9.97 Å². The second-order valence-electron chi connectivity index (χ2n) is 21.6. The first-order valence-corrected chi connectivity index (χ1v) is 28.0. The van der Waals surface area contributed by atoms with Gasteiger partial charge in [0.1, 0.15) is 11.6 Å². The molecular formula is C66H59N4OPtSi-. The summed E-state index contributed by atoms with van der Waals surface area (Å²) in [6, 6.07) is 77.1. The van der Waals surface area contributed by atoms with E-state index in [1.807, 2.05) is 18.2 Å². The first kappa shape index (κ1) is 49.2. The zero-order valence-electron chi connectivity index (χ0n) is 42.7. The summed E-state index contributed by atoms with van der Waals surface area (Å²) in [5.74, 6) is 1.64. The number of nitrogens with zero attached hydrogens (tertiary/aromatic N) is 4. The van der Waals surface area contributed by atoms with Crippen LogP contribution in [-0.4, -0.2) is 32.3 Å². The maximum absolute atomic E-state index is 11.6. The average Bonchev–Trinajstić information content (AvgIpc) is 3.98. The van der Waals surface area contributed by atoms with Crippen LogP contribution in [0.1, 0.15) is 52.7 Å². The molecule has 0 saturated heterocycles. The van der Waals surface area contributed by atoms with E-state index in [2.05, 4.69) is 252 Å². The van der Waals surface area contributed by atoms with E-state index < -0.39 is 8.07 Å². The molecule has 0 radical (unpaired) electrons. The molecular weight excluding hydrogens is 1090 g/mol. The zero-order valence-corrected chi connectivity index (χ0v) is 46.0. The molecule has 0 fully saturated rings. The minimum absolute atomic E-state index is 0. The molecule has 73 heavy (non-hydrogen) atoms. The topological polar surface area (TPSA) is 55.9 Å². The molecule has 7 heteroatoms. The fourth-order valence-electron chi connectivity index (χ4n) is 10.2. The van der Waals surface area contributed by atoms with E-state index >= 15 is 0 Å². The van der Waals surface area contributed by atoms with Gasteiger partial charge in [-0.25, -0.2) is 4.98 Å². The monoisotopic (exact) mass is 1150 g/mol. The van der Waals surface area contributed by atoms with Gasteiger partial charge >= 0.3 is 0 Å². The van der Waals surface area contributed by atoms with Crippen LogP contribution in [0, 0.1) is 6.07 Å². The number of imidazole rings is 2. The summed E-state index contributed by atoms with van der Waals surface area (Å²) in [4.78, 5) is 11.1. The third-order valence-electron chi connectivity index (χ3n) is 14.4. The Morgan fingerprint density at radius 1 is 0.438 bits per heavy atom. The van der Waals surface area contributed by atoms with Gasteiger partial charge in [-0.2, -0.15) is 0 Å². The minimum Gasteiger partial charge on any atom is -0.507 e. The fourth-order valence-corrected chi connectivity index (χ4v) is 12.5. The molecule has 0 unspecified atom stereocenters. The van der Waals surface area contributed by atoms with Crippen LogP contribution >= 0.6 is 0 Å². The molecule has 0 bridgehead atoms. The number of para-hydroxylation sites is 4. The molecule has 0 aliphatic heterocycles. The Kier molecular flexibility index (Phi) is 13.0. The maximum atomic E-state index is 11.6. The third-order valence-corrected chi connectivity index (χ3v) is 17.9. The van der Waals surface area contributed by atoms with Crippen molar-refractivity contribution in [1.29, 1.82) is 0 Å². The van der Waals surface area contributed by atoms with Crippen LogP contribution in [0.15, 0.2) is 206 Å². The standard InChI is InChI=1S/C66H59N4OSi.Pt/c1-65(2,3)48-35-37-57(54(42-48)44-23-12-9-13-24-44)69-59-32-20-19-31-56(59)67-63(69)47-39-46(40-51(41-47)72(7,8)50-27-16-11-17-28-50)52-30-22-33-60-62(52)68-64(53-29-18-21-34-61(53)71)70(60)58-38-36-49(66(4,5)6)43-55(58)45-25-14-10-15-26-45;/h9-38,40-43,71H,1-8H3;/q-1;. The Labute approximate surface area is 445 Å². The van der Waals surface area contributed by atoms with Gasteiger partial charge in [-0.05, 0) is 87.7 Å². The van der Waals surface area contributed by atoms with Crippen molar-refractivity contribution in [2.24, 2.45) is 0 Å². The van der Waals surface area contributed by atoms with Gasteiger partial charge in [0.25, 0.3) is 0 Å². The number of hydrogen-bond donors (Lipinski definition) is 1. The molecule has 11 aromatic rings. The van der Waals surface area contributed by atoms with Crippen LogP contribution in [-0.2, 0) is 31.9 Å². The molecule has 364 valence electrons. The predicted molar refractivity (Wildman–Crippen MR) is 304 cm³/mol. The number of phenols is 1. The average molecular weight is 1150 g/mol. The van der Waals surface area contributed by atoms with Crippen LogP contribution in [0.4, 0.5) is 0 Å². The number of aromatic hydroxyl groups is 1. The summed E-state index contributed by atoms with van der Waals surface area (Å²) in [5, 5.41) is 14.2. The second kappa shape index (κ2) is 19.2. The fraction of sp³-hybridized carbons (Fsp3) is 0.152. The molecule has 9 aromatic carbocycles. The Morgan fingerprint density at radius 2 is 0.932 bits per heavy atom. The SMILES string of the molecule is CC(C)(C)c1ccc(-n2c(-c3[c-]c(-c4cccc5c4nc(-c4ccccc4O)n5-c4ccc(C(C)(C)C)cc4-c4ccccc4)cc([Si](C)(C)c4ccccc4)c3)nc3ccccc32)c(-c2ccccc2)c1.[Pt]. The molecule has 1 N–H and O–H groups in total. The zero-order chi connectivity index (χ0) is 49.9. The smallest absolute Gasteiger partial charge is 0.148 e. The van der Waals surface area contributed by atoms with E-state index in [-0.39, 0.29) is 37.6 Å². The maximum Gasteiger partial charge on any atom is 0.148 e. The van der Waals surface area contributed by atoms with Gasteiger partial charge < -0.3 is 9.67 Å². The number of fused-ring (bicyclic) bond motifs is 2. The van der Waals surface area contributed by atoms with Crippen molar-refractivity contribution in [2.45, 2.75) is 65.5 Å². The normalized spacial score (nSPS) is 12.1. The van der Waals surface area contributed by atoms with Gasteiger partial charge in [0.05, 0.1) is 47.2 Å². The Morgan fingerprint density at radius 3 is 1.52 bits per heavy atom.